The molecule has 1 aliphatic rings. The molecule has 0 atom stereocenters. The Morgan fingerprint density at radius 2 is 1.90 bits per heavy atom. The fraction of sp³-hybridized carbons (Fsp3) is 0.526. The Bertz CT molecular complexity index is 598. The van der Waals surface area contributed by atoms with E-state index in [-0.39, 0.29) is 0 Å². The molecule has 0 aliphatic heterocycles. The Morgan fingerprint density at radius 3 is 2.67 bits per heavy atom. The van der Waals surface area contributed by atoms with E-state index in [4.69, 9.17) is 4.98 Å². The van der Waals surface area contributed by atoms with Crippen LogP contribution in [0.4, 0.5) is 5.69 Å². The van der Waals surface area contributed by atoms with Gasteiger partial charge < -0.3 is 5.32 Å². The van der Waals surface area contributed by atoms with Gasteiger partial charge in [0.1, 0.15) is 0 Å². The fourth-order valence-corrected chi connectivity index (χ4v) is 3.58. The molecule has 1 aliphatic carbocycles. The van der Waals surface area contributed by atoms with Crippen LogP contribution in [-0.2, 0) is 0 Å². The zero-order valence-electron chi connectivity index (χ0n) is 13.2. The highest BCUT2D eigenvalue weighted by Crippen LogP contribution is 2.31. The molecule has 2 heteroatoms. The average Bonchev–Trinajstić information content (AvgIpc) is 2.50. The molecule has 2 aromatic rings. The molecule has 0 bridgehead atoms. The van der Waals surface area contributed by atoms with Crippen molar-refractivity contribution in [3.8, 4) is 0 Å². The summed E-state index contributed by atoms with van der Waals surface area (Å²) in [5.74, 6) is 0.959. The smallest absolute Gasteiger partial charge is 0.0936 e. The van der Waals surface area contributed by atoms with Gasteiger partial charge >= 0.3 is 0 Å². The minimum absolute atomic E-state index is 0.617. The molecule has 0 radical (unpaired) electrons. The predicted molar refractivity (Wildman–Crippen MR) is 90.8 cm³/mol. The van der Waals surface area contributed by atoms with Crippen molar-refractivity contribution in [2.45, 2.75) is 58.4 Å². The van der Waals surface area contributed by atoms with Crippen LogP contribution < -0.4 is 5.32 Å². The van der Waals surface area contributed by atoms with E-state index in [1.807, 2.05) is 0 Å². The number of aryl methyl sites for hydroxylation is 1. The van der Waals surface area contributed by atoms with Crippen LogP contribution in [-0.4, -0.2) is 11.0 Å². The van der Waals surface area contributed by atoms with Gasteiger partial charge in [0.2, 0.25) is 0 Å². The maximum Gasteiger partial charge on any atom is 0.0936 e. The van der Waals surface area contributed by atoms with Crippen molar-refractivity contribution in [1.29, 1.82) is 0 Å². The van der Waals surface area contributed by atoms with Crippen LogP contribution >= 0.6 is 0 Å². The van der Waals surface area contributed by atoms with E-state index in [0.29, 0.717) is 6.04 Å². The maximum atomic E-state index is 4.72. The SMILES string of the molecule is CCCC1CCC(Nc2cccc3ccc(C)nc23)CC1. The molecule has 1 aromatic carbocycles. The van der Waals surface area contributed by atoms with E-state index >= 15 is 0 Å². The van der Waals surface area contributed by atoms with Crippen LogP contribution in [0.2, 0.25) is 0 Å². The van der Waals surface area contributed by atoms with E-state index in [0.717, 1.165) is 17.1 Å². The molecule has 112 valence electrons. The van der Waals surface area contributed by atoms with Gasteiger partial charge in [-0.2, -0.15) is 0 Å². The molecule has 0 unspecified atom stereocenters. The monoisotopic (exact) mass is 282 g/mol. The maximum absolute atomic E-state index is 4.72. The lowest BCUT2D eigenvalue weighted by molar-refractivity contribution is 0.319. The number of benzene rings is 1. The summed E-state index contributed by atoms with van der Waals surface area (Å²) >= 11 is 0. The molecule has 1 fully saturated rings. The lowest BCUT2D eigenvalue weighted by Gasteiger charge is -2.29. The first-order valence-electron chi connectivity index (χ1n) is 8.39. The summed E-state index contributed by atoms with van der Waals surface area (Å²) in [5, 5.41) is 4.98. The van der Waals surface area contributed by atoms with Crippen molar-refractivity contribution in [3.63, 3.8) is 0 Å². The third-order valence-electron chi connectivity index (χ3n) is 4.76. The van der Waals surface area contributed by atoms with Crippen molar-refractivity contribution >= 4 is 16.6 Å². The molecule has 1 saturated carbocycles. The number of nitrogens with one attached hydrogen (secondary N) is 1. The van der Waals surface area contributed by atoms with Crippen molar-refractivity contribution < 1.29 is 0 Å². The molecule has 0 saturated heterocycles. The minimum Gasteiger partial charge on any atom is -0.381 e. The number of hydrogen-bond donors (Lipinski definition) is 1. The summed E-state index contributed by atoms with van der Waals surface area (Å²) in [5.41, 5.74) is 3.41. The summed E-state index contributed by atoms with van der Waals surface area (Å²) in [7, 11) is 0. The highest BCUT2D eigenvalue weighted by molar-refractivity contribution is 5.90. The van der Waals surface area contributed by atoms with Gasteiger partial charge in [-0.25, -0.2) is 0 Å². The van der Waals surface area contributed by atoms with Gasteiger partial charge in [0.05, 0.1) is 11.2 Å². The van der Waals surface area contributed by atoms with E-state index in [9.17, 15) is 0 Å². The molecular weight excluding hydrogens is 256 g/mol. The first kappa shape index (κ1) is 14.4. The molecular formula is C19H26N2. The first-order valence-corrected chi connectivity index (χ1v) is 8.39. The van der Waals surface area contributed by atoms with Gasteiger partial charge in [0.15, 0.2) is 0 Å². The Balaban J connectivity index is 1.72. The standard InChI is InChI=1S/C19H26N2/c1-3-5-15-9-12-17(13-10-15)21-18-7-4-6-16-11-8-14(2)20-19(16)18/h4,6-8,11,15,17,21H,3,5,9-10,12-13H2,1-2H3. The summed E-state index contributed by atoms with van der Waals surface area (Å²) < 4.78 is 0. The predicted octanol–water partition coefficient (Wildman–Crippen LogP) is 5.31. The van der Waals surface area contributed by atoms with Gasteiger partial charge in [-0.1, -0.05) is 38.0 Å². The van der Waals surface area contributed by atoms with E-state index in [2.05, 4.69) is 49.5 Å². The molecule has 0 amide bonds. The molecule has 2 nitrogen and oxygen atoms in total. The van der Waals surface area contributed by atoms with Crippen LogP contribution in [0, 0.1) is 12.8 Å². The van der Waals surface area contributed by atoms with Crippen molar-refractivity contribution in [2.75, 3.05) is 5.32 Å². The van der Waals surface area contributed by atoms with E-state index in [1.54, 1.807) is 0 Å². The first-order chi connectivity index (χ1) is 10.3. The van der Waals surface area contributed by atoms with Gasteiger partial charge in [-0.15, -0.1) is 0 Å². The van der Waals surface area contributed by atoms with Crippen LogP contribution in [0.1, 0.15) is 51.1 Å². The second-order valence-corrected chi connectivity index (χ2v) is 6.48. The fourth-order valence-electron chi connectivity index (χ4n) is 3.58. The minimum atomic E-state index is 0.617. The highest BCUT2D eigenvalue weighted by atomic mass is 14.9. The number of para-hydroxylation sites is 1. The van der Waals surface area contributed by atoms with Gasteiger partial charge in [-0.3, -0.25) is 4.98 Å². The molecule has 3 rings (SSSR count). The number of pyridine rings is 1. The van der Waals surface area contributed by atoms with Crippen LogP contribution in [0.25, 0.3) is 10.9 Å². The van der Waals surface area contributed by atoms with E-state index < -0.39 is 0 Å². The third kappa shape index (κ3) is 3.37. The van der Waals surface area contributed by atoms with Crippen molar-refractivity contribution in [3.05, 3.63) is 36.0 Å². The lowest BCUT2D eigenvalue weighted by atomic mass is 9.83. The van der Waals surface area contributed by atoms with Gasteiger partial charge in [-0.05, 0) is 50.7 Å². The highest BCUT2D eigenvalue weighted by Gasteiger charge is 2.20. The molecule has 21 heavy (non-hydrogen) atoms. The largest absolute Gasteiger partial charge is 0.381 e. The summed E-state index contributed by atoms with van der Waals surface area (Å²) in [6.45, 7) is 4.36. The molecule has 1 aromatic heterocycles. The molecule has 1 heterocycles. The Hall–Kier alpha value is -1.57. The number of fused-ring (bicyclic) bond motifs is 1. The quantitative estimate of drug-likeness (QED) is 0.821. The summed E-state index contributed by atoms with van der Waals surface area (Å²) in [4.78, 5) is 4.72. The summed E-state index contributed by atoms with van der Waals surface area (Å²) in [6.07, 6.45) is 8.09. The number of aromatic nitrogens is 1. The molecule has 0 spiro atoms. The Morgan fingerprint density at radius 1 is 1.10 bits per heavy atom. The van der Waals surface area contributed by atoms with Crippen molar-refractivity contribution in [1.82, 2.24) is 4.98 Å². The normalized spacial score (nSPS) is 22.4. The number of hydrogen-bond acceptors (Lipinski definition) is 2. The number of rotatable bonds is 4. The molecule has 1 N–H and O–H groups in total. The zero-order chi connectivity index (χ0) is 14.7. The van der Waals surface area contributed by atoms with Crippen LogP contribution in [0.5, 0.6) is 0 Å². The Labute approximate surface area is 128 Å². The number of anilines is 1. The number of nitrogens with zero attached hydrogens (tertiary/aromatic N) is 1. The van der Waals surface area contributed by atoms with E-state index in [1.165, 1.54) is 49.6 Å². The van der Waals surface area contributed by atoms with Crippen molar-refractivity contribution in [2.24, 2.45) is 5.92 Å². The lowest BCUT2D eigenvalue weighted by Crippen LogP contribution is -2.26. The van der Waals surface area contributed by atoms with Gasteiger partial charge in [0, 0.05) is 17.1 Å². The second kappa shape index (κ2) is 6.46. The zero-order valence-corrected chi connectivity index (χ0v) is 13.2. The summed E-state index contributed by atoms with van der Waals surface area (Å²) in [6, 6.07) is 11.3. The van der Waals surface area contributed by atoms with Crippen LogP contribution in [0.3, 0.4) is 0 Å². The topological polar surface area (TPSA) is 24.9 Å². The third-order valence-corrected chi connectivity index (χ3v) is 4.76. The van der Waals surface area contributed by atoms with Crippen LogP contribution in [0.15, 0.2) is 30.3 Å². The Kier molecular flexibility index (Phi) is 4.42. The second-order valence-electron chi connectivity index (χ2n) is 6.48. The average molecular weight is 282 g/mol. The van der Waals surface area contributed by atoms with Gasteiger partial charge in [0.25, 0.3) is 0 Å².